The molecule has 0 aromatic carbocycles. The van der Waals surface area contributed by atoms with E-state index in [1.165, 1.54) is 0 Å². The number of carbonyl (C=O) groups is 1. The topological polar surface area (TPSA) is 26.3 Å². The van der Waals surface area contributed by atoms with E-state index in [1.54, 1.807) is 0 Å². The molecule has 0 aromatic heterocycles. The summed E-state index contributed by atoms with van der Waals surface area (Å²) in [6.07, 6.45) is -10.8. The van der Waals surface area contributed by atoms with Gasteiger partial charge < -0.3 is 4.74 Å². The molecule has 0 N–H and O–H groups in total. The van der Waals surface area contributed by atoms with Gasteiger partial charge in [-0.25, -0.2) is 18.0 Å². The highest BCUT2D eigenvalue weighted by Crippen LogP contribution is 2.61. The van der Waals surface area contributed by atoms with Crippen LogP contribution in [-0.2, 0) is 9.53 Å². The summed E-state index contributed by atoms with van der Waals surface area (Å²) >= 11 is 0. The van der Waals surface area contributed by atoms with E-state index in [0.29, 0.717) is 7.11 Å². The molecule has 0 aliphatic carbocycles. The normalized spacial score (nSPS) is 16.0. The molecule has 0 aliphatic rings. The second kappa shape index (κ2) is 7.45. The third kappa shape index (κ3) is 3.60. The van der Waals surface area contributed by atoms with Crippen LogP contribution in [0, 0.1) is 0 Å². The number of methoxy groups -OCH3 is 1. The summed E-state index contributed by atoms with van der Waals surface area (Å²) in [5.74, 6) is -49.4. The summed E-state index contributed by atoms with van der Waals surface area (Å²) in [5.41, 5.74) is -2.37. The number of hydrogen-bond acceptors (Lipinski definition) is 2. The Morgan fingerprint density at radius 1 is 0.690 bits per heavy atom. The molecule has 0 bridgehead atoms. The van der Waals surface area contributed by atoms with Gasteiger partial charge in [-0.05, 0) is 0 Å². The van der Waals surface area contributed by atoms with Gasteiger partial charge in [-0.3, -0.25) is 0 Å². The Kier molecular flexibility index (Phi) is 6.97. The van der Waals surface area contributed by atoms with Crippen LogP contribution in [0.25, 0.3) is 0 Å². The quantitative estimate of drug-likeness (QED) is 0.267. The first-order valence-electron chi connectivity index (χ1n) is 6.46. The first kappa shape index (κ1) is 27.2. The monoisotopic (exact) mass is 468 g/mol. The minimum atomic E-state index is -8.28. The van der Waals surface area contributed by atoms with Crippen molar-refractivity contribution in [3.8, 4) is 0 Å². The van der Waals surface area contributed by atoms with E-state index < -0.39 is 59.7 Å². The lowest BCUT2D eigenvalue weighted by atomic mass is 9.88. The van der Waals surface area contributed by atoms with Gasteiger partial charge in [0.1, 0.15) is 0 Å². The number of esters is 1. The van der Waals surface area contributed by atoms with Crippen LogP contribution in [0.5, 0.6) is 0 Å². The van der Waals surface area contributed by atoms with Gasteiger partial charge in [0.15, 0.2) is 0 Å². The van der Waals surface area contributed by atoms with Crippen LogP contribution in [0.3, 0.4) is 0 Å². The summed E-state index contributed by atoms with van der Waals surface area (Å²) in [6, 6.07) is 0. The third-order valence-electron chi connectivity index (χ3n) is 3.37. The number of carbonyl (C=O) groups excluding carboxylic acids is 1. The zero-order chi connectivity index (χ0) is 24.0. The lowest BCUT2D eigenvalue weighted by Gasteiger charge is -2.41. The molecule has 0 saturated carbocycles. The molecule has 0 amide bonds. The fourth-order valence-electron chi connectivity index (χ4n) is 1.56. The molecule has 0 fully saturated rings. The average molecular weight is 468 g/mol. The molecule has 0 saturated heterocycles. The molecular formula is C12H7F15O2. The van der Waals surface area contributed by atoms with Crippen LogP contribution < -0.4 is 0 Å². The van der Waals surface area contributed by atoms with Crippen LogP contribution in [0.15, 0.2) is 12.2 Å². The number of ether oxygens (including phenoxy) is 1. The van der Waals surface area contributed by atoms with Crippen LogP contribution >= 0.6 is 0 Å². The predicted octanol–water partition coefficient (Wildman–Crippen LogP) is 5.13. The second-order valence-corrected chi connectivity index (χ2v) is 5.22. The summed E-state index contributed by atoms with van der Waals surface area (Å²) in [5, 5.41) is 0. The third-order valence-corrected chi connectivity index (χ3v) is 3.37. The van der Waals surface area contributed by atoms with Crippen molar-refractivity contribution in [2.45, 2.75) is 48.1 Å². The highest BCUT2D eigenvalue weighted by atomic mass is 19.4. The van der Waals surface area contributed by atoms with Crippen molar-refractivity contribution < 1.29 is 75.4 Å². The van der Waals surface area contributed by atoms with E-state index in [0.717, 1.165) is 0 Å². The van der Waals surface area contributed by atoms with Crippen molar-refractivity contribution in [3.63, 3.8) is 0 Å². The van der Waals surface area contributed by atoms with Crippen molar-refractivity contribution in [2.24, 2.45) is 0 Å². The largest absolute Gasteiger partial charge is 0.466 e. The van der Waals surface area contributed by atoms with Crippen molar-refractivity contribution in [1.29, 1.82) is 0 Å². The van der Waals surface area contributed by atoms with Crippen molar-refractivity contribution in [1.82, 2.24) is 0 Å². The van der Waals surface area contributed by atoms with Crippen molar-refractivity contribution in [3.05, 3.63) is 12.2 Å². The molecule has 0 spiro atoms. The molecule has 0 heterocycles. The standard InChI is InChI=1S/C12H7F15O2/c1-3(5(28)29-2)4(13)7(16,17)9(20,21)11(24,25)12(26,27)10(22,23)8(18,19)6(14)15/h4,6H,1H2,2H3. The molecular weight excluding hydrogens is 461 g/mol. The Hall–Kier alpha value is -1.84. The minimum absolute atomic E-state index is 0.312. The predicted molar refractivity (Wildman–Crippen MR) is 61.7 cm³/mol. The molecule has 0 aliphatic heterocycles. The molecule has 17 heteroatoms. The van der Waals surface area contributed by atoms with Crippen molar-refractivity contribution >= 4 is 5.97 Å². The van der Waals surface area contributed by atoms with E-state index in [2.05, 4.69) is 11.3 Å². The Balaban J connectivity index is 6.52. The van der Waals surface area contributed by atoms with Gasteiger partial charge in [0, 0.05) is 0 Å². The van der Waals surface area contributed by atoms with Crippen LogP contribution in [-0.4, -0.2) is 61.2 Å². The fourth-order valence-corrected chi connectivity index (χ4v) is 1.56. The van der Waals surface area contributed by atoms with Gasteiger partial charge >= 0.3 is 47.9 Å². The molecule has 0 rings (SSSR count). The molecule has 0 aromatic rings. The number of hydrogen-bond donors (Lipinski definition) is 0. The number of halogens is 15. The van der Waals surface area contributed by atoms with E-state index >= 15 is 0 Å². The van der Waals surface area contributed by atoms with Gasteiger partial charge in [-0.2, -0.15) is 52.7 Å². The van der Waals surface area contributed by atoms with Crippen LogP contribution in [0.1, 0.15) is 0 Å². The Labute approximate surface area is 150 Å². The van der Waals surface area contributed by atoms with E-state index in [1.807, 2.05) is 0 Å². The molecule has 29 heavy (non-hydrogen) atoms. The lowest BCUT2D eigenvalue weighted by Crippen LogP contribution is -2.72. The van der Waals surface area contributed by atoms with E-state index in [-0.39, 0.29) is 0 Å². The molecule has 2 nitrogen and oxygen atoms in total. The average Bonchev–Trinajstić information content (AvgIpc) is 2.58. The van der Waals surface area contributed by atoms with Crippen LogP contribution in [0.2, 0.25) is 0 Å². The first-order valence-corrected chi connectivity index (χ1v) is 6.46. The minimum Gasteiger partial charge on any atom is -0.466 e. The Bertz CT molecular complexity index is 639. The van der Waals surface area contributed by atoms with Gasteiger partial charge in [0.05, 0.1) is 12.7 Å². The van der Waals surface area contributed by atoms with Crippen molar-refractivity contribution in [2.75, 3.05) is 7.11 Å². The maximum atomic E-state index is 13.4. The summed E-state index contributed by atoms with van der Waals surface area (Å²) in [6.45, 7) is 2.10. The van der Waals surface area contributed by atoms with Gasteiger partial charge in [0.25, 0.3) is 0 Å². The highest BCUT2D eigenvalue weighted by molar-refractivity contribution is 5.89. The molecule has 1 atom stereocenters. The summed E-state index contributed by atoms with van der Waals surface area (Å²) in [4.78, 5) is 10.8. The van der Waals surface area contributed by atoms with Gasteiger partial charge in [-0.1, -0.05) is 6.58 Å². The maximum absolute atomic E-state index is 13.4. The van der Waals surface area contributed by atoms with Gasteiger partial charge in [0.2, 0.25) is 6.17 Å². The van der Waals surface area contributed by atoms with E-state index in [4.69, 9.17) is 0 Å². The zero-order valence-corrected chi connectivity index (χ0v) is 13.3. The Morgan fingerprint density at radius 2 is 1.00 bits per heavy atom. The lowest BCUT2D eigenvalue weighted by molar-refractivity contribution is -0.435. The number of rotatable bonds is 9. The smallest absolute Gasteiger partial charge is 0.384 e. The zero-order valence-electron chi connectivity index (χ0n) is 13.3. The van der Waals surface area contributed by atoms with E-state index in [9.17, 15) is 70.7 Å². The first-order chi connectivity index (χ1) is 12.5. The summed E-state index contributed by atoms with van der Waals surface area (Å²) < 4.78 is 198. The molecule has 1 unspecified atom stereocenters. The Morgan fingerprint density at radius 3 is 1.28 bits per heavy atom. The highest BCUT2D eigenvalue weighted by Gasteiger charge is 2.92. The fraction of sp³-hybridized carbons (Fsp3) is 0.750. The maximum Gasteiger partial charge on any atom is 0.384 e. The van der Waals surface area contributed by atoms with Gasteiger partial charge in [-0.15, -0.1) is 0 Å². The molecule has 0 radical (unpaired) electrons. The SMILES string of the molecule is C=C(C(=O)OC)C(F)C(F)(F)C(F)(F)C(F)(F)C(F)(F)C(F)(F)C(F)(F)C(F)F. The number of alkyl halides is 15. The van der Waals surface area contributed by atoms with Crippen LogP contribution in [0.4, 0.5) is 65.9 Å². The molecule has 172 valence electrons. The summed E-state index contributed by atoms with van der Waals surface area (Å²) in [7, 11) is 0.312. The second-order valence-electron chi connectivity index (χ2n) is 5.22.